The van der Waals surface area contributed by atoms with E-state index in [1.54, 1.807) is 25.2 Å². The summed E-state index contributed by atoms with van der Waals surface area (Å²) in [4.78, 5) is 42.8. The molecule has 7 nitrogen and oxygen atoms in total. The quantitative estimate of drug-likeness (QED) is 0.478. The van der Waals surface area contributed by atoms with Gasteiger partial charge in [0.1, 0.15) is 17.4 Å². The molecule has 37 heavy (non-hydrogen) atoms. The number of benzene rings is 3. The van der Waals surface area contributed by atoms with Gasteiger partial charge < -0.3 is 20.4 Å². The Labute approximate surface area is 224 Å². The Hall–Kier alpha value is -3.62. The molecule has 0 bridgehead atoms. The molecule has 0 radical (unpaired) electrons. The molecule has 3 aromatic rings. The Morgan fingerprint density at radius 2 is 1.57 bits per heavy atom. The maximum atomic E-state index is 13.5. The van der Waals surface area contributed by atoms with E-state index in [4.69, 9.17) is 23.2 Å². The maximum absolute atomic E-state index is 13.5. The first-order valence-electron chi connectivity index (χ1n) is 11.5. The summed E-state index contributed by atoms with van der Waals surface area (Å²) >= 11 is 12.5. The van der Waals surface area contributed by atoms with E-state index in [1.807, 2.05) is 29.2 Å². The first-order valence-corrected chi connectivity index (χ1v) is 12.2. The average Bonchev–Trinajstić information content (AvgIpc) is 2.94. The number of hydrogen-bond donors (Lipinski definition) is 2. The molecule has 0 saturated carbocycles. The summed E-state index contributed by atoms with van der Waals surface area (Å²) < 4.78 is 13.2. The van der Waals surface area contributed by atoms with Crippen molar-refractivity contribution in [3.8, 4) is 0 Å². The van der Waals surface area contributed by atoms with Gasteiger partial charge in [-0.15, -0.1) is 0 Å². The fourth-order valence-electron chi connectivity index (χ4n) is 4.09. The third-order valence-corrected chi connectivity index (χ3v) is 6.53. The molecule has 0 aliphatic carbocycles. The number of fused-ring (bicyclic) bond motifs is 1. The molecule has 3 aromatic carbocycles. The molecule has 1 atom stereocenters. The van der Waals surface area contributed by atoms with Crippen molar-refractivity contribution in [2.24, 2.45) is 0 Å². The van der Waals surface area contributed by atoms with Gasteiger partial charge in [0.15, 0.2) is 0 Å². The Balaban J connectivity index is 1.62. The summed E-state index contributed by atoms with van der Waals surface area (Å²) in [5.41, 5.74) is 0.845. The molecule has 10 heteroatoms. The summed E-state index contributed by atoms with van der Waals surface area (Å²) in [6.07, 6.45) is 0. The maximum Gasteiger partial charge on any atom is 0.252 e. The van der Waals surface area contributed by atoms with Crippen LogP contribution in [0, 0.1) is 5.82 Å². The van der Waals surface area contributed by atoms with Crippen molar-refractivity contribution in [2.45, 2.75) is 25.4 Å². The summed E-state index contributed by atoms with van der Waals surface area (Å²) in [6.45, 7) is 3.14. The van der Waals surface area contributed by atoms with E-state index >= 15 is 0 Å². The summed E-state index contributed by atoms with van der Waals surface area (Å²) in [7, 11) is 1.64. The van der Waals surface area contributed by atoms with Gasteiger partial charge in [-0.25, -0.2) is 4.39 Å². The van der Waals surface area contributed by atoms with E-state index in [9.17, 15) is 18.8 Å². The standard InChI is InChI=1S/C27H25Cl2FN4O3/c1-27(2,32-24(35)16-8-10-19(30)11-9-16)26(37)31-21-15-34(20-13-17(28)12-18(29)14-20)23-7-5-4-6-22(23)33(3)25(21)36/h4-14,21H,15H2,1-3H3,(H,31,37)(H,32,35)/t21-/m1/s1. The van der Waals surface area contributed by atoms with Crippen LogP contribution in [0.5, 0.6) is 0 Å². The Morgan fingerprint density at radius 3 is 2.19 bits per heavy atom. The molecule has 0 fully saturated rings. The number of likely N-dealkylation sites (N-methyl/N-ethyl adjacent to an activating group) is 1. The monoisotopic (exact) mass is 542 g/mol. The topological polar surface area (TPSA) is 81.8 Å². The largest absolute Gasteiger partial charge is 0.341 e. The molecule has 1 aliphatic heterocycles. The average molecular weight is 543 g/mol. The minimum atomic E-state index is -1.38. The lowest BCUT2D eigenvalue weighted by molar-refractivity contribution is -0.130. The van der Waals surface area contributed by atoms with Crippen LogP contribution < -0.4 is 20.4 Å². The second kappa shape index (κ2) is 10.4. The van der Waals surface area contributed by atoms with Crippen molar-refractivity contribution < 1.29 is 18.8 Å². The van der Waals surface area contributed by atoms with E-state index in [2.05, 4.69) is 10.6 Å². The predicted octanol–water partition coefficient (Wildman–Crippen LogP) is 4.94. The van der Waals surface area contributed by atoms with Gasteiger partial charge in [0.2, 0.25) is 5.91 Å². The zero-order chi connectivity index (χ0) is 26.9. The molecule has 192 valence electrons. The number of carbonyl (C=O) groups excluding carboxylic acids is 3. The highest BCUT2D eigenvalue weighted by atomic mass is 35.5. The van der Waals surface area contributed by atoms with E-state index in [-0.39, 0.29) is 18.0 Å². The molecule has 0 unspecified atom stereocenters. The smallest absolute Gasteiger partial charge is 0.252 e. The molecule has 0 spiro atoms. The Kier molecular flexibility index (Phi) is 7.43. The Morgan fingerprint density at radius 1 is 0.973 bits per heavy atom. The fraction of sp³-hybridized carbons (Fsp3) is 0.222. The van der Waals surface area contributed by atoms with Gasteiger partial charge >= 0.3 is 0 Å². The van der Waals surface area contributed by atoms with Gasteiger partial charge in [-0.05, 0) is 68.4 Å². The van der Waals surface area contributed by atoms with Crippen molar-refractivity contribution in [3.63, 3.8) is 0 Å². The van der Waals surface area contributed by atoms with E-state index in [1.165, 1.54) is 30.9 Å². The molecule has 2 N–H and O–H groups in total. The minimum absolute atomic E-state index is 0.0879. The number of nitrogens with one attached hydrogen (secondary N) is 2. The van der Waals surface area contributed by atoms with Crippen LogP contribution in [0.1, 0.15) is 24.2 Å². The van der Waals surface area contributed by atoms with Crippen LogP contribution in [0.4, 0.5) is 21.5 Å². The van der Waals surface area contributed by atoms with Crippen molar-refractivity contribution in [3.05, 3.63) is 88.2 Å². The van der Waals surface area contributed by atoms with E-state index in [0.29, 0.717) is 21.4 Å². The Bertz CT molecular complexity index is 1340. The van der Waals surface area contributed by atoms with E-state index < -0.39 is 29.2 Å². The van der Waals surface area contributed by atoms with Crippen LogP contribution in [0.2, 0.25) is 10.0 Å². The van der Waals surface area contributed by atoms with Crippen molar-refractivity contribution >= 4 is 58.0 Å². The number of amides is 3. The molecular formula is C27H25Cl2FN4O3. The number of nitrogens with zero attached hydrogens (tertiary/aromatic N) is 2. The second-order valence-corrected chi connectivity index (χ2v) is 10.1. The van der Waals surface area contributed by atoms with Crippen LogP contribution >= 0.6 is 23.2 Å². The van der Waals surface area contributed by atoms with Crippen molar-refractivity contribution in [1.29, 1.82) is 0 Å². The zero-order valence-electron chi connectivity index (χ0n) is 20.4. The molecule has 3 amide bonds. The second-order valence-electron chi connectivity index (χ2n) is 9.24. The van der Waals surface area contributed by atoms with Crippen LogP contribution in [-0.2, 0) is 9.59 Å². The normalized spacial score (nSPS) is 15.6. The molecule has 1 heterocycles. The summed E-state index contributed by atoms with van der Waals surface area (Å²) in [5, 5.41) is 6.30. The number of carbonyl (C=O) groups is 3. The predicted molar refractivity (Wildman–Crippen MR) is 143 cm³/mol. The number of halogens is 3. The lowest BCUT2D eigenvalue weighted by Crippen LogP contribution is -2.60. The fourth-order valence-corrected chi connectivity index (χ4v) is 4.60. The third kappa shape index (κ3) is 5.70. The van der Waals surface area contributed by atoms with Gasteiger partial charge in [-0.3, -0.25) is 14.4 Å². The van der Waals surface area contributed by atoms with Gasteiger partial charge in [0.05, 0.1) is 17.9 Å². The van der Waals surface area contributed by atoms with Gasteiger partial charge in [0, 0.05) is 28.3 Å². The van der Waals surface area contributed by atoms with E-state index in [0.717, 1.165) is 17.8 Å². The van der Waals surface area contributed by atoms with Crippen molar-refractivity contribution in [1.82, 2.24) is 10.6 Å². The van der Waals surface area contributed by atoms with Crippen LogP contribution in [-0.4, -0.2) is 42.9 Å². The third-order valence-electron chi connectivity index (χ3n) is 6.09. The number of rotatable bonds is 5. The lowest BCUT2D eigenvalue weighted by atomic mass is 10.0. The number of anilines is 3. The first-order chi connectivity index (χ1) is 17.5. The first kappa shape index (κ1) is 26.4. The summed E-state index contributed by atoms with van der Waals surface area (Å²) in [6, 6.07) is 16.4. The van der Waals surface area contributed by atoms with Gasteiger partial charge in [-0.2, -0.15) is 0 Å². The summed E-state index contributed by atoms with van der Waals surface area (Å²) in [5.74, 6) is -1.93. The SMILES string of the molecule is CN1C(=O)[C@H](NC(=O)C(C)(C)NC(=O)c2ccc(F)cc2)CN(c2cc(Cl)cc(Cl)c2)c2ccccc21. The molecule has 0 saturated heterocycles. The highest BCUT2D eigenvalue weighted by Gasteiger charge is 2.37. The molecular weight excluding hydrogens is 518 g/mol. The van der Waals surface area contributed by atoms with Crippen LogP contribution in [0.15, 0.2) is 66.7 Å². The van der Waals surface area contributed by atoms with Gasteiger partial charge in [0.25, 0.3) is 11.8 Å². The molecule has 1 aliphatic rings. The van der Waals surface area contributed by atoms with Gasteiger partial charge in [-0.1, -0.05) is 35.3 Å². The van der Waals surface area contributed by atoms with Crippen LogP contribution in [0.3, 0.4) is 0 Å². The zero-order valence-corrected chi connectivity index (χ0v) is 21.9. The molecule has 4 rings (SSSR count). The van der Waals surface area contributed by atoms with Crippen molar-refractivity contribution in [2.75, 3.05) is 23.4 Å². The number of hydrogen-bond acceptors (Lipinski definition) is 4. The minimum Gasteiger partial charge on any atom is -0.341 e. The highest BCUT2D eigenvalue weighted by molar-refractivity contribution is 6.35. The highest BCUT2D eigenvalue weighted by Crippen LogP contribution is 2.38. The van der Waals surface area contributed by atoms with Crippen LogP contribution in [0.25, 0.3) is 0 Å². The molecule has 0 aromatic heterocycles. The lowest BCUT2D eigenvalue weighted by Gasteiger charge is -2.30. The number of para-hydroxylation sites is 2.